The topological polar surface area (TPSA) is 57.2 Å². The van der Waals surface area contributed by atoms with E-state index < -0.39 is 0 Å². The quantitative estimate of drug-likeness (QED) is 0.840. The molecule has 1 fully saturated rings. The van der Waals surface area contributed by atoms with Crippen LogP contribution in [-0.4, -0.2) is 45.7 Å². The van der Waals surface area contributed by atoms with Crippen LogP contribution in [0.25, 0.3) is 11.0 Å². The van der Waals surface area contributed by atoms with Gasteiger partial charge in [-0.1, -0.05) is 0 Å². The molecule has 0 bridgehead atoms. The second-order valence-corrected chi connectivity index (χ2v) is 5.34. The lowest BCUT2D eigenvalue weighted by Crippen LogP contribution is -2.39. The van der Waals surface area contributed by atoms with Crippen molar-refractivity contribution < 1.29 is 0 Å². The molecule has 5 heteroatoms. The van der Waals surface area contributed by atoms with Gasteiger partial charge in [0.1, 0.15) is 12.0 Å². The van der Waals surface area contributed by atoms with Gasteiger partial charge in [-0.15, -0.1) is 0 Å². The zero-order valence-corrected chi connectivity index (χ0v) is 11.4. The Morgan fingerprint density at radius 2 is 2.32 bits per heavy atom. The molecular weight excluding hydrogens is 238 g/mol. The van der Waals surface area contributed by atoms with Crippen molar-refractivity contribution in [2.45, 2.75) is 25.8 Å². The van der Waals surface area contributed by atoms with Crippen LogP contribution in [-0.2, 0) is 0 Å². The number of aromatic amines is 1. The van der Waals surface area contributed by atoms with Crippen molar-refractivity contribution in [3.8, 4) is 0 Å². The van der Waals surface area contributed by atoms with Crippen LogP contribution in [0.3, 0.4) is 0 Å². The summed E-state index contributed by atoms with van der Waals surface area (Å²) in [5.74, 6) is 1.28. The number of hydrogen-bond donors (Lipinski definition) is 1. The van der Waals surface area contributed by atoms with Gasteiger partial charge < -0.3 is 9.88 Å². The van der Waals surface area contributed by atoms with Gasteiger partial charge in [0.2, 0.25) is 0 Å². The Morgan fingerprint density at radius 1 is 1.42 bits per heavy atom. The van der Waals surface area contributed by atoms with E-state index in [1.165, 1.54) is 12.8 Å². The van der Waals surface area contributed by atoms with Gasteiger partial charge in [-0.25, -0.2) is 15.0 Å². The predicted octanol–water partition coefficient (Wildman–Crippen LogP) is 2.39. The van der Waals surface area contributed by atoms with Gasteiger partial charge >= 0.3 is 0 Å². The standard InChI is InChI=1S/C14H19N5/c1-10-3-4-11(8-19(10)2)7-16-14-12-5-6-15-13(12)17-9-18-14/h5-7,9-11H,3-4,8H2,1-2H3,(H,15,17,18)/b16-7-/t10-,11?/m0/s1. The largest absolute Gasteiger partial charge is 0.346 e. The molecule has 0 aromatic carbocycles. The lowest BCUT2D eigenvalue weighted by atomic mass is 9.95. The average molecular weight is 257 g/mol. The number of piperidine rings is 1. The number of nitrogens with zero attached hydrogens (tertiary/aromatic N) is 4. The lowest BCUT2D eigenvalue weighted by Gasteiger charge is -2.33. The fourth-order valence-corrected chi connectivity index (χ4v) is 2.58. The number of nitrogens with one attached hydrogen (secondary N) is 1. The molecule has 100 valence electrons. The molecule has 1 aliphatic heterocycles. The molecule has 2 aromatic rings. The first-order valence-electron chi connectivity index (χ1n) is 6.76. The average Bonchev–Trinajstić information content (AvgIpc) is 2.89. The molecule has 0 amide bonds. The third-order valence-electron chi connectivity index (χ3n) is 3.97. The summed E-state index contributed by atoms with van der Waals surface area (Å²) in [6, 6.07) is 2.65. The summed E-state index contributed by atoms with van der Waals surface area (Å²) in [6.45, 7) is 3.35. The Kier molecular flexibility index (Phi) is 3.29. The number of hydrogen-bond acceptors (Lipinski definition) is 4. The van der Waals surface area contributed by atoms with Crippen LogP contribution in [0.1, 0.15) is 19.8 Å². The van der Waals surface area contributed by atoms with Crippen LogP contribution in [0.2, 0.25) is 0 Å². The minimum atomic E-state index is 0.519. The Labute approximate surface area is 112 Å². The van der Waals surface area contributed by atoms with Gasteiger partial charge in [-0.2, -0.15) is 0 Å². The van der Waals surface area contributed by atoms with Crippen molar-refractivity contribution in [2.75, 3.05) is 13.6 Å². The van der Waals surface area contributed by atoms with E-state index in [1.807, 2.05) is 12.3 Å². The van der Waals surface area contributed by atoms with Gasteiger partial charge in [0.15, 0.2) is 5.82 Å². The van der Waals surface area contributed by atoms with Gasteiger partial charge in [-0.05, 0) is 32.9 Å². The normalized spacial score (nSPS) is 25.4. The Morgan fingerprint density at radius 3 is 3.16 bits per heavy atom. The number of fused-ring (bicyclic) bond motifs is 1. The van der Waals surface area contributed by atoms with Crippen LogP contribution in [0.15, 0.2) is 23.6 Å². The number of H-pyrrole nitrogens is 1. The highest BCUT2D eigenvalue weighted by Crippen LogP contribution is 2.22. The van der Waals surface area contributed by atoms with Crippen LogP contribution < -0.4 is 0 Å². The molecule has 1 aliphatic rings. The maximum absolute atomic E-state index is 4.57. The Balaban J connectivity index is 1.77. The van der Waals surface area contributed by atoms with E-state index in [0.717, 1.165) is 23.4 Å². The summed E-state index contributed by atoms with van der Waals surface area (Å²) >= 11 is 0. The van der Waals surface area contributed by atoms with Gasteiger partial charge in [0.25, 0.3) is 0 Å². The summed E-state index contributed by atoms with van der Waals surface area (Å²) in [6.07, 6.45) is 7.92. The second kappa shape index (κ2) is 5.09. The molecule has 19 heavy (non-hydrogen) atoms. The molecule has 3 heterocycles. The van der Waals surface area contributed by atoms with E-state index in [1.54, 1.807) is 6.33 Å². The van der Waals surface area contributed by atoms with E-state index in [-0.39, 0.29) is 0 Å². The first-order valence-corrected chi connectivity index (χ1v) is 6.76. The summed E-state index contributed by atoms with van der Waals surface area (Å²) in [7, 11) is 2.18. The molecule has 0 spiro atoms. The van der Waals surface area contributed by atoms with Crippen molar-refractivity contribution in [1.82, 2.24) is 19.9 Å². The van der Waals surface area contributed by atoms with Crippen LogP contribution >= 0.6 is 0 Å². The first-order chi connectivity index (χ1) is 9.24. The third kappa shape index (κ3) is 2.51. The zero-order valence-electron chi connectivity index (χ0n) is 11.4. The van der Waals surface area contributed by atoms with E-state index in [2.05, 4.69) is 45.0 Å². The SMILES string of the molecule is C[C@H]1CCC(/C=N\c2ncnc3[nH]ccc23)CN1C. The Bertz CT molecular complexity index is 588. The number of likely N-dealkylation sites (tertiary alicyclic amines) is 1. The molecule has 1 saturated heterocycles. The molecule has 2 aromatic heterocycles. The van der Waals surface area contributed by atoms with Crippen molar-refractivity contribution in [3.63, 3.8) is 0 Å². The zero-order chi connectivity index (χ0) is 13.2. The second-order valence-electron chi connectivity index (χ2n) is 5.34. The van der Waals surface area contributed by atoms with Crippen molar-refractivity contribution in [1.29, 1.82) is 0 Å². The highest BCUT2D eigenvalue weighted by Gasteiger charge is 2.21. The molecule has 0 saturated carbocycles. The Hall–Kier alpha value is -1.75. The molecule has 1 unspecified atom stereocenters. The van der Waals surface area contributed by atoms with Gasteiger partial charge in [0, 0.05) is 30.9 Å². The minimum absolute atomic E-state index is 0.519. The summed E-state index contributed by atoms with van der Waals surface area (Å²) in [5, 5.41) is 0.983. The highest BCUT2D eigenvalue weighted by atomic mass is 15.1. The van der Waals surface area contributed by atoms with Crippen molar-refractivity contribution in [3.05, 3.63) is 18.6 Å². The maximum atomic E-state index is 4.57. The molecular formula is C14H19N5. The number of rotatable bonds is 2. The van der Waals surface area contributed by atoms with Gasteiger partial charge in [-0.3, -0.25) is 0 Å². The fraction of sp³-hybridized carbons (Fsp3) is 0.500. The van der Waals surface area contributed by atoms with E-state index in [4.69, 9.17) is 0 Å². The maximum Gasteiger partial charge on any atom is 0.164 e. The molecule has 3 rings (SSSR count). The van der Waals surface area contributed by atoms with Crippen LogP contribution in [0, 0.1) is 5.92 Å². The molecule has 5 nitrogen and oxygen atoms in total. The third-order valence-corrected chi connectivity index (χ3v) is 3.97. The number of aromatic nitrogens is 3. The summed E-state index contributed by atoms with van der Waals surface area (Å²) in [5.41, 5.74) is 0.844. The van der Waals surface area contributed by atoms with E-state index in [0.29, 0.717) is 12.0 Å². The molecule has 2 atom stereocenters. The first kappa shape index (κ1) is 12.3. The van der Waals surface area contributed by atoms with Crippen molar-refractivity contribution in [2.24, 2.45) is 10.9 Å². The number of aliphatic imine (C=N–C) groups is 1. The summed E-state index contributed by atoms with van der Waals surface area (Å²) < 4.78 is 0. The van der Waals surface area contributed by atoms with E-state index in [9.17, 15) is 0 Å². The lowest BCUT2D eigenvalue weighted by molar-refractivity contribution is 0.179. The summed E-state index contributed by atoms with van der Waals surface area (Å²) in [4.78, 5) is 18.5. The van der Waals surface area contributed by atoms with E-state index >= 15 is 0 Å². The molecule has 1 N–H and O–H groups in total. The molecule has 0 aliphatic carbocycles. The van der Waals surface area contributed by atoms with Crippen molar-refractivity contribution >= 4 is 23.1 Å². The smallest absolute Gasteiger partial charge is 0.164 e. The van der Waals surface area contributed by atoms with Crippen LogP contribution in [0.5, 0.6) is 0 Å². The predicted molar refractivity (Wildman–Crippen MR) is 76.9 cm³/mol. The van der Waals surface area contributed by atoms with Gasteiger partial charge in [0.05, 0.1) is 5.39 Å². The fourth-order valence-electron chi connectivity index (χ4n) is 2.58. The highest BCUT2D eigenvalue weighted by molar-refractivity contribution is 5.86. The monoisotopic (exact) mass is 257 g/mol. The van der Waals surface area contributed by atoms with Crippen LogP contribution in [0.4, 0.5) is 5.82 Å². The minimum Gasteiger partial charge on any atom is -0.346 e. The molecule has 0 radical (unpaired) electrons.